The van der Waals surface area contributed by atoms with E-state index in [1.54, 1.807) is 4.90 Å². The number of nitrogens with zero attached hydrogens (tertiary/aromatic N) is 2. The number of esters is 1. The molecule has 20 heavy (non-hydrogen) atoms. The van der Waals surface area contributed by atoms with E-state index < -0.39 is 5.97 Å². The Balaban J connectivity index is 2.18. The Hall–Kier alpha value is -1.67. The van der Waals surface area contributed by atoms with E-state index in [9.17, 15) is 9.59 Å². The van der Waals surface area contributed by atoms with Crippen LogP contribution in [0.2, 0.25) is 0 Å². The van der Waals surface area contributed by atoms with E-state index >= 15 is 0 Å². The summed E-state index contributed by atoms with van der Waals surface area (Å²) in [7, 11) is 0. The molecule has 0 unspecified atom stereocenters. The largest absolute Gasteiger partial charge is 0.452 e. The van der Waals surface area contributed by atoms with Crippen molar-refractivity contribution in [3.8, 4) is 0 Å². The minimum absolute atomic E-state index is 0.0987. The molecule has 2 N–H and O–H groups in total. The van der Waals surface area contributed by atoms with E-state index in [1.165, 1.54) is 6.92 Å². The van der Waals surface area contributed by atoms with Crippen LogP contribution in [0, 0.1) is 0 Å². The molecule has 112 valence electrons. The van der Waals surface area contributed by atoms with Gasteiger partial charge in [-0.15, -0.1) is 0 Å². The smallest absolute Gasteiger partial charge is 0.333 e. The molecule has 0 aliphatic carbocycles. The quantitative estimate of drug-likeness (QED) is 0.357. The fourth-order valence-corrected chi connectivity index (χ4v) is 1.94. The van der Waals surface area contributed by atoms with Gasteiger partial charge in [-0.1, -0.05) is 6.58 Å². The van der Waals surface area contributed by atoms with Crippen molar-refractivity contribution in [1.82, 2.24) is 15.1 Å². The number of nitrogens with one attached hydrogen (secondary N) is 1. The first-order valence-electron chi connectivity index (χ1n) is 6.19. The Kier molecular flexibility index (Phi) is 6.40. The summed E-state index contributed by atoms with van der Waals surface area (Å²) in [4.78, 5) is 26.1. The minimum Gasteiger partial charge on any atom is -0.452 e. The Morgan fingerprint density at radius 3 is 2.65 bits per heavy atom. The normalized spacial score (nSPS) is 14.4. The maximum absolute atomic E-state index is 11.4. The molecule has 1 fully saturated rings. The van der Waals surface area contributed by atoms with E-state index in [2.05, 4.69) is 11.9 Å². The number of carbonyl (C=O) groups is 2. The molecule has 1 rings (SSSR count). The summed E-state index contributed by atoms with van der Waals surface area (Å²) >= 11 is 5.15. The molecule has 0 atom stereocenters. The summed E-state index contributed by atoms with van der Waals surface area (Å²) in [6.45, 7) is 6.86. The van der Waals surface area contributed by atoms with E-state index in [0.717, 1.165) is 6.54 Å². The van der Waals surface area contributed by atoms with E-state index in [-0.39, 0.29) is 24.8 Å². The van der Waals surface area contributed by atoms with E-state index in [1.807, 2.05) is 4.90 Å². The first-order chi connectivity index (χ1) is 9.45. The molecule has 0 saturated carbocycles. The SMILES string of the molecule is C=C(C)C(=O)OCC(=O)NCCN1CCN(CO)C1=S. The van der Waals surface area contributed by atoms with Crippen LogP contribution < -0.4 is 5.32 Å². The van der Waals surface area contributed by atoms with E-state index in [0.29, 0.717) is 24.7 Å². The van der Waals surface area contributed by atoms with Crippen molar-refractivity contribution in [3.63, 3.8) is 0 Å². The zero-order chi connectivity index (χ0) is 15.1. The summed E-state index contributed by atoms with van der Waals surface area (Å²) in [6.07, 6.45) is 0. The monoisotopic (exact) mass is 301 g/mol. The fraction of sp³-hybridized carbons (Fsp3) is 0.583. The van der Waals surface area contributed by atoms with Crippen LogP contribution in [-0.4, -0.2) is 71.4 Å². The topological polar surface area (TPSA) is 82.1 Å². The molecule has 1 aliphatic rings. The second kappa shape index (κ2) is 7.81. The summed E-state index contributed by atoms with van der Waals surface area (Å²) in [5, 5.41) is 12.2. The highest BCUT2D eigenvalue weighted by Gasteiger charge is 2.23. The first kappa shape index (κ1) is 16.4. The predicted molar refractivity (Wildman–Crippen MR) is 76.7 cm³/mol. The Morgan fingerprint density at radius 1 is 1.45 bits per heavy atom. The van der Waals surface area contributed by atoms with Crippen LogP contribution in [0.15, 0.2) is 12.2 Å². The van der Waals surface area contributed by atoms with Gasteiger partial charge < -0.3 is 25.0 Å². The Morgan fingerprint density at radius 2 is 2.10 bits per heavy atom. The standard InChI is InChI=1S/C12H19N3O4S/c1-9(2)11(18)19-7-10(17)13-3-4-14-5-6-15(8-16)12(14)20/h16H,1,3-8H2,2H3,(H,13,17). The summed E-state index contributed by atoms with van der Waals surface area (Å²) in [6, 6.07) is 0. The zero-order valence-corrected chi connectivity index (χ0v) is 12.2. The molecule has 1 amide bonds. The molecular weight excluding hydrogens is 282 g/mol. The highest BCUT2D eigenvalue weighted by molar-refractivity contribution is 7.80. The molecule has 0 aromatic rings. The molecule has 0 bridgehead atoms. The number of ether oxygens (including phenoxy) is 1. The van der Waals surface area contributed by atoms with Gasteiger partial charge in [-0.25, -0.2) is 4.79 Å². The third-order valence-electron chi connectivity index (χ3n) is 2.74. The molecule has 1 heterocycles. The van der Waals surface area contributed by atoms with Crippen LogP contribution in [0.3, 0.4) is 0 Å². The number of hydrogen-bond donors (Lipinski definition) is 2. The minimum atomic E-state index is -0.584. The van der Waals surface area contributed by atoms with Gasteiger partial charge in [0, 0.05) is 31.8 Å². The third kappa shape index (κ3) is 4.78. The molecule has 0 aromatic carbocycles. The average Bonchev–Trinajstić information content (AvgIpc) is 2.76. The molecule has 0 aromatic heterocycles. The number of aliphatic hydroxyl groups excluding tert-OH is 1. The maximum Gasteiger partial charge on any atom is 0.333 e. The van der Waals surface area contributed by atoms with Gasteiger partial charge >= 0.3 is 5.97 Å². The number of carbonyl (C=O) groups excluding carboxylic acids is 2. The van der Waals surface area contributed by atoms with E-state index in [4.69, 9.17) is 22.1 Å². The summed E-state index contributed by atoms with van der Waals surface area (Å²) < 4.78 is 4.71. The molecule has 0 radical (unpaired) electrons. The second-order valence-electron chi connectivity index (χ2n) is 4.38. The number of thiocarbonyl (C=S) groups is 1. The molecule has 0 spiro atoms. The second-order valence-corrected chi connectivity index (χ2v) is 4.75. The molecule has 7 nitrogen and oxygen atoms in total. The van der Waals surface area contributed by atoms with Crippen molar-refractivity contribution in [1.29, 1.82) is 0 Å². The highest BCUT2D eigenvalue weighted by Crippen LogP contribution is 2.06. The van der Waals surface area contributed by atoms with Gasteiger partial charge in [-0.3, -0.25) is 4.79 Å². The lowest BCUT2D eigenvalue weighted by atomic mass is 10.4. The lowest BCUT2D eigenvalue weighted by molar-refractivity contribution is -0.144. The van der Waals surface area contributed by atoms with Crippen molar-refractivity contribution >= 4 is 29.2 Å². The lowest BCUT2D eigenvalue weighted by Gasteiger charge is -2.20. The van der Waals surface area contributed by atoms with Gasteiger partial charge in [-0.2, -0.15) is 0 Å². The summed E-state index contributed by atoms with van der Waals surface area (Å²) in [5.74, 6) is -0.955. The van der Waals surface area contributed by atoms with Gasteiger partial charge in [0.05, 0.1) is 0 Å². The van der Waals surface area contributed by atoms with Crippen molar-refractivity contribution in [2.45, 2.75) is 6.92 Å². The molecular formula is C12H19N3O4S. The van der Waals surface area contributed by atoms with Crippen molar-refractivity contribution < 1.29 is 19.4 Å². The highest BCUT2D eigenvalue weighted by atomic mass is 32.1. The fourth-order valence-electron chi connectivity index (χ4n) is 1.61. The van der Waals surface area contributed by atoms with Crippen LogP contribution in [0.5, 0.6) is 0 Å². The summed E-state index contributed by atoms with van der Waals surface area (Å²) in [5.41, 5.74) is 0.254. The van der Waals surface area contributed by atoms with Gasteiger partial charge in [-0.05, 0) is 19.1 Å². The first-order valence-corrected chi connectivity index (χ1v) is 6.60. The lowest BCUT2D eigenvalue weighted by Crippen LogP contribution is -2.39. The number of aliphatic hydroxyl groups is 1. The maximum atomic E-state index is 11.4. The number of rotatable bonds is 7. The van der Waals surface area contributed by atoms with Gasteiger partial charge in [0.25, 0.3) is 5.91 Å². The predicted octanol–water partition coefficient (Wildman–Crippen LogP) is -0.926. The number of amides is 1. The Labute approximate surface area is 123 Å². The Bertz CT molecular complexity index is 414. The zero-order valence-electron chi connectivity index (χ0n) is 11.4. The van der Waals surface area contributed by atoms with Crippen LogP contribution in [0.25, 0.3) is 0 Å². The van der Waals surface area contributed by atoms with Crippen LogP contribution in [-0.2, 0) is 14.3 Å². The van der Waals surface area contributed by atoms with Crippen LogP contribution >= 0.6 is 12.2 Å². The van der Waals surface area contributed by atoms with Crippen molar-refractivity contribution in [2.24, 2.45) is 0 Å². The van der Waals surface area contributed by atoms with Crippen molar-refractivity contribution in [3.05, 3.63) is 12.2 Å². The molecule has 1 aliphatic heterocycles. The number of hydrogen-bond acceptors (Lipinski definition) is 5. The molecule has 8 heteroatoms. The van der Waals surface area contributed by atoms with Gasteiger partial charge in [0.1, 0.15) is 6.73 Å². The van der Waals surface area contributed by atoms with Crippen molar-refractivity contribution in [2.75, 3.05) is 39.5 Å². The van der Waals surface area contributed by atoms with Crippen LogP contribution in [0.4, 0.5) is 0 Å². The third-order valence-corrected chi connectivity index (χ3v) is 3.25. The van der Waals surface area contributed by atoms with Crippen LogP contribution in [0.1, 0.15) is 6.92 Å². The average molecular weight is 301 g/mol. The van der Waals surface area contributed by atoms with Gasteiger partial charge in [0.2, 0.25) is 0 Å². The molecule has 1 saturated heterocycles. The van der Waals surface area contributed by atoms with Gasteiger partial charge in [0.15, 0.2) is 11.7 Å².